The molecule has 0 saturated carbocycles. The molecule has 2 unspecified atom stereocenters. The van der Waals surface area contributed by atoms with Crippen molar-refractivity contribution >= 4 is 31.7 Å². The fourth-order valence-corrected chi connectivity index (χ4v) is 6.79. The summed E-state index contributed by atoms with van der Waals surface area (Å²) in [6.45, 7) is 3.16. The van der Waals surface area contributed by atoms with Crippen LogP contribution < -0.4 is 20.5 Å². The van der Waals surface area contributed by atoms with Crippen LogP contribution in [0.3, 0.4) is 0 Å². The van der Waals surface area contributed by atoms with Crippen molar-refractivity contribution in [2.75, 3.05) is 57.4 Å². The fraction of sp³-hybridized carbons (Fsp3) is 0.579. The first-order valence-corrected chi connectivity index (χ1v) is 14.8. The average Bonchev–Trinajstić information content (AvgIpc) is 3.45. The van der Waals surface area contributed by atoms with Crippen LogP contribution in [0.15, 0.2) is 21.9 Å². The fourth-order valence-electron chi connectivity index (χ4n) is 4.13. The van der Waals surface area contributed by atoms with Crippen molar-refractivity contribution < 1.29 is 49.8 Å². The Morgan fingerprint density at radius 2 is 1.93 bits per heavy atom. The molecule has 0 spiro atoms. The van der Waals surface area contributed by atoms with E-state index in [1.165, 1.54) is 12.1 Å². The van der Waals surface area contributed by atoms with Crippen LogP contribution in [0.5, 0.6) is 0 Å². The molecule has 3 heterocycles. The molecule has 1 aromatic carbocycles. The van der Waals surface area contributed by atoms with Gasteiger partial charge in [0, 0.05) is 45.0 Å². The number of aliphatic hydroxyl groups excluding tert-OH is 1. The number of carboxylic acids is 1. The summed E-state index contributed by atoms with van der Waals surface area (Å²) in [6, 6.07) is 2.74. The lowest BCUT2D eigenvalue weighted by atomic mass is 10.1. The molecule has 8 N–H and O–H groups in total. The molecule has 1 aromatic heterocycles. The van der Waals surface area contributed by atoms with Gasteiger partial charge in [0.2, 0.25) is 25.9 Å². The topological polar surface area (TPSA) is 260 Å². The Bertz CT molecular complexity index is 1430. The molecule has 0 amide bonds. The Hall–Kier alpha value is -2.99. The number of hydrogen-bond acceptors (Lipinski definition) is 13. The second kappa shape index (κ2) is 12.9. The van der Waals surface area contributed by atoms with E-state index in [0.29, 0.717) is 38.5 Å². The smallest absolute Gasteiger partial charge is 0.475 e. The molecule has 41 heavy (non-hydrogen) atoms. The van der Waals surface area contributed by atoms with Gasteiger partial charge >= 0.3 is 12.1 Å². The van der Waals surface area contributed by atoms with Gasteiger partial charge in [-0.05, 0) is 17.3 Å². The quantitative estimate of drug-likeness (QED) is 0.173. The number of carbonyl (C=O) groups is 1. The monoisotopic (exact) mass is 631 g/mol. The van der Waals surface area contributed by atoms with Crippen LogP contribution in [0, 0.1) is 0 Å². The summed E-state index contributed by atoms with van der Waals surface area (Å²) in [7, 11) is -9.01. The number of ether oxygens (including phenoxy) is 1. The van der Waals surface area contributed by atoms with E-state index in [1.54, 1.807) is 0 Å². The number of halogens is 3. The highest BCUT2D eigenvalue weighted by Crippen LogP contribution is 2.39. The lowest BCUT2D eigenvalue weighted by Gasteiger charge is -2.45. The molecule has 0 radical (unpaired) electrons. The number of hydrogen-bond donors (Lipinski definition) is 6. The number of rotatable bonds is 8. The Morgan fingerprint density at radius 3 is 2.49 bits per heavy atom. The number of morpholine rings is 1. The van der Waals surface area contributed by atoms with E-state index in [4.69, 9.17) is 25.5 Å². The number of sulfonamides is 2. The highest BCUT2D eigenvalue weighted by Gasteiger charge is 2.38. The van der Waals surface area contributed by atoms with Crippen molar-refractivity contribution in [1.29, 1.82) is 0 Å². The van der Waals surface area contributed by atoms with Crippen LogP contribution in [0.4, 0.5) is 18.9 Å². The Morgan fingerprint density at radius 1 is 1.24 bits per heavy atom. The number of fused-ring (bicyclic) bond motifs is 1. The number of nitrogens with one attached hydrogen (secondary N) is 2. The minimum absolute atomic E-state index is 0.0799. The summed E-state index contributed by atoms with van der Waals surface area (Å²) in [5.74, 6) is -2.88. The molecule has 2 atom stereocenters. The summed E-state index contributed by atoms with van der Waals surface area (Å²) in [5.41, 5.74) is 5.65. The number of alkyl halides is 3. The van der Waals surface area contributed by atoms with E-state index in [-0.39, 0.29) is 24.0 Å². The second-order valence-corrected chi connectivity index (χ2v) is 12.1. The molecule has 17 nitrogen and oxygen atoms in total. The molecule has 2 fully saturated rings. The number of aliphatic carboxylic acids is 1. The van der Waals surface area contributed by atoms with Crippen molar-refractivity contribution in [2.45, 2.75) is 28.1 Å². The number of tetrazole rings is 1. The molecule has 2 saturated heterocycles. The minimum Gasteiger partial charge on any atom is -0.475 e. The zero-order valence-electron chi connectivity index (χ0n) is 21.2. The van der Waals surface area contributed by atoms with Gasteiger partial charge in [0.1, 0.15) is 9.79 Å². The maximum atomic E-state index is 13.0. The number of nitrogens with two attached hydrogens (primary N) is 2. The highest BCUT2D eigenvalue weighted by atomic mass is 32.2. The first-order chi connectivity index (χ1) is 19.1. The predicted octanol–water partition coefficient (Wildman–Crippen LogP) is -2.73. The number of aliphatic hydroxyl groups is 1. The van der Waals surface area contributed by atoms with Crippen molar-refractivity contribution in [3.05, 3.63) is 12.1 Å². The number of H-pyrrole nitrogens is 1. The summed E-state index contributed by atoms with van der Waals surface area (Å²) in [5, 5.41) is 35.9. The normalized spacial score (nSPS) is 19.2. The maximum absolute atomic E-state index is 13.0. The number of benzene rings is 1. The number of carboxylic acid groups (broad SMARTS) is 1. The van der Waals surface area contributed by atoms with E-state index in [2.05, 4.69) is 30.2 Å². The predicted molar refractivity (Wildman–Crippen MR) is 133 cm³/mol. The SMILES string of the molecule is NCC(O)CNS(=O)(=O)c1ccc(N2CCN3CCOCC3C2)c(-c2nn[nH]n2)c1S(N)(=O)=O.O=C(O)C(F)(F)F. The van der Waals surface area contributed by atoms with Crippen LogP contribution in [0.25, 0.3) is 11.4 Å². The van der Waals surface area contributed by atoms with Crippen LogP contribution >= 0.6 is 0 Å². The molecule has 230 valence electrons. The lowest BCUT2D eigenvalue weighted by Crippen LogP contribution is -2.58. The standard InChI is InChI=1S/C17H27N9O6S2.C2HF3O2/c18-7-12(27)8-20-34(30,31)14-2-1-13(26-4-3-25-5-6-32-10-11(25)9-26)15(16(14)33(19,28)29)17-21-23-24-22-17;3-2(4,5)1(6)7/h1-2,11-12,20,27H,3-10,18H2,(H2,19,28,29)(H,21,22,23,24);(H,6,7). The molecule has 22 heteroatoms. The van der Waals surface area contributed by atoms with Gasteiger partial charge in [-0.3, -0.25) is 4.90 Å². The number of nitrogens with zero attached hydrogens (tertiary/aromatic N) is 5. The molecule has 0 aliphatic carbocycles. The molecule has 0 bridgehead atoms. The summed E-state index contributed by atoms with van der Waals surface area (Å²) >= 11 is 0. The van der Waals surface area contributed by atoms with Crippen molar-refractivity contribution in [3.63, 3.8) is 0 Å². The zero-order valence-corrected chi connectivity index (χ0v) is 22.8. The Kier molecular flexibility index (Phi) is 10.2. The van der Waals surface area contributed by atoms with Gasteiger partial charge in [-0.15, -0.1) is 10.2 Å². The lowest BCUT2D eigenvalue weighted by molar-refractivity contribution is -0.192. The van der Waals surface area contributed by atoms with Gasteiger partial charge in [-0.25, -0.2) is 31.5 Å². The first kappa shape index (κ1) is 32.5. The number of aromatic nitrogens is 4. The first-order valence-electron chi connectivity index (χ1n) is 11.7. The van der Waals surface area contributed by atoms with E-state index >= 15 is 0 Å². The summed E-state index contributed by atoms with van der Waals surface area (Å²) in [6.07, 6.45) is -6.24. The van der Waals surface area contributed by atoms with Crippen molar-refractivity contribution in [2.24, 2.45) is 10.9 Å². The number of anilines is 1. The molecule has 2 aromatic rings. The largest absolute Gasteiger partial charge is 0.490 e. The van der Waals surface area contributed by atoms with E-state index < -0.39 is 54.6 Å². The van der Waals surface area contributed by atoms with Gasteiger partial charge in [0.05, 0.1) is 30.9 Å². The number of piperazine rings is 1. The third-order valence-electron chi connectivity index (χ3n) is 6.04. The van der Waals surface area contributed by atoms with E-state index in [0.717, 1.165) is 6.54 Å². The van der Waals surface area contributed by atoms with Gasteiger partial charge in [-0.2, -0.15) is 18.4 Å². The van der Waals surface area contributed by atoms with Crippen LogP contribution in [0.2, 0.25) is 0 Å². The molecule has 4 rings (SSSR count). The number of primary sulfonamides is 1. The van der Waals surface area contributed by atoms with Crippen LogP contribution in [-0.2, 0) is 29.6 Å². The van der Waals surface area contributed by atoms with Crippen molar-refractivity contribution in [3.8, 4) is 11.4 Å². The van der Waals surface area contributed by atoms with E-state index in [9.17, 15) is 35.1 Å². The van der Waals surface area contributed by atoms with Gasteiger partial charge in [0.15, 0.2) is 0 Å². The van der Waals surface area contributed by atoms with E-state index in [1.807, 2.05) is 4.90 Å². The second-order valence-electron chi connectivity index (χ2n) is 8.82. The molecule has 2 aliphatic rings. The highest BCUT2D eigenvalue weighted by molar-refractivity contribution is 7.92. The average molecular weight is 632 g/mol. The van der Waals surface area contributed by atoms with Gasteiger partial charge < -0.3 is 25.6 Å². The summed E-state index contributed by atoms with van der Waals surface area (Å²) < 4.78 is 91.1. The number of aromatic amines is 1. The molecule has 2 aliphatic heterocycles. The zero-order chi connectivity index (χ0) is 30.6. The third kappa shape index (κ3) is 8.06. The Balaban J connectivity index is 0.000000587. The van der Waals surface area contributed by atoms with Gasteiger partial charge in [-0.1, -0.05) is 0 Å². The maximum Gasteiger partial charge on any atom is 0.490 e. The summed E-state index contributed by atoms with van der Waals surface area (Å²) in [4.78, 5) is 11.9. The van der Waals surface area contributed by atoms with Crippen LogP contribution in [0.1, 0.15) is 0 Å². The third-order valence-corrected chi connectivity index (χ3v) is 8.63. The van der Waals surface area contributed by atoms with Crippen LogP contribution in [-0.4, -0.2) is 129 Å². The molecular weight excluding hydrogens is 603 g/mol. The Labute approximate surface area is 231 Å². The minimum atomic E-state index is -5.08. The van der Waals surface area contributed by atoms with Gasteiger partial charge in [0.25, 0.3) is 0 Å². The molecular formula is C19H28F3N9O8S2. The van der Waals surface area contributed by atoms with Crippen molar-refractivity contribution in [1.82, 2.24) is 30.2 Å².